The second kappa shape index (κ2) is 8.81. The number of rotatable bonds is 7. The van der Waals surface area contributed by atoms with Gasteiger partial charge in [-0.25, -0.2) is 4.79 Å². The molecule has 2 aliphatic rings. The molecule has 0 aliphatic carbocycles. The lowest BCUT2D eigenvalue weighted by atomic mass is 9.95. The zero-order chi connectivity index (χ0) is 18.6. The van der Waals surface area contributed by atoms with Crippen LogP contribution in [-0.2, 0) is 14.2 Å². The first kappa shape index (κ1) is 19.9. The largest absolute Gasteiger partial charge is 0.465 e. The van der Waals surface area contributed by atoms with Crippen molar-refractivity contribution >= 4 is 23.0 Å². The van der Waals surface area contributed by atoms with Crippen LogP contribution in [0.25, 0.3) is 0 Å². The van der Waals surface area contributed by atoms with Crippen LogP contribution in [-0.4, -0.2) is 82.5 Å². The number of hydrogen-bond acceptors (Lipinski definition) is 7. The first-order valence-corrected chi connectivity index (χ1v) is 8.78. The number of ether oxygens (including phenoxy) is 3. The Morgan fingerprint density at radius 3 is 2.52 bits per heavy atom. The summed E-state index contributed by atoms with van der Waals surface area (Å²) in [6.45, 7) is 9.44. The molecule has 2 N–H and O–H groups in total. The third-order valence-corrected chi connectivity index (χ3v) is 5.11. The van der Waals surface area contributed by atoms with Gasteiger partial charge in [-0.15, -0.1) is 13.2 Å². The molecular formula is C16H24N2O6S. The Morgan fingerprint density at radius 1 is 1.40 bits per heavy atom. The molecule has 0 bridgehead atoms. The van der Waals surface area contributed by atoms with E-state index >= 15 is 0 Å². The molecule has 9 heteroatoms. The molecule has 2 heterocycles. The van der Waals surface area contributed by atoms with E-state index in [0.29, 0.717) is 5.17 Å². The lowest BCUT2D eigenvalue weighted by Crippen LogP contribution is -2.59. The van der Waals surface area contributed by atoms with Gasteiger partial charge in [-0.1, -0.05) is 23.9 Å². The average Bonchev–Trinajstić information content (AvgIpc) is 3.00. The predicted octanol–water partition coefficient (Wildman–Crippen LogP) is 1.32. The van der Waals surface area contributed by atoms with E-state index in [2.05, 4.69) is 18.2 Å². The smallest absolute Gasteiger partial charge is 0.413 e. The van der Waals surface area contributed by atoms with Crippen molar-refractivity contribution in [2.45, 2.75) is 42.8 Å². The van der Waals surface area contributed by atoms with Crippen molar-refractivity contribution in [3.05, 3.63) is 25.3 Å². The van der Waals surface area contributed by atoms with Gasteiger partial charge in [0.1, 0.15) is 29.8 Å². The third-order valence-electron chi connectivity index (χ3n) is 3.90. The predicted molar refractivity (Wildman–Crippen MR) is 94.8 cm³/mol. The number of carbonyl (C=O) groups is 1. The number of carboxylic acid groups (broad SMARTS) is 1. The summed E-state index contributed by atoms with van der Waals surface area (Å²) in [5.41, 5.74) is -0.463. The Morgan fingerprint density at radius 2 is 2.00 bits per heavy atom. The van der Waals surface area contributed by atoms with E-state index in [1.54, 1.807) is 19.1 Å². The zero-order valence-electron chi connectivity index (χ0n) is 14.3. The molecule has 6 atom stereocenters. The fourth-order valence-electron chi connectivity index (χ4n) is 2.72. The molecule has 1 fully saturated rings. The second-order valence-corrected chi connectivity index (χ2v) is 6.81. The van der Waals surface area contributed by atoms with Crippen LogP contribution < -0.4 is 0 Å². The van der Waals surface area contributed by atoms with E-state index < -0.39 is 42.0 Å². The highest BCUT2D eigenvalue weighted by Crippen LogP contribution is 2.40. The lowest BCUT2D eigenvalue weighted by Gasteiger charge is -2.43. The first-order valence-electron chi connectivity index (χ1n) is 7.90. The van der Waals surface area contributed by atoms with E-state index in [9.17, 15) is 9.90 Å². The molecule has 25 heavy (non-hydrogen) atoms. The minimum absolute atomic E-state index is 0.265. The topological polar surface area (TPSA) is 101 Å². The van der Waals surface area contributed by atoms with Gasteiger partial charge in [-0.05, 0) is 6.92 Å². The number of amidine groups is 1. The lowest BCUT2D eigenvalue weighted by molar-refractivity contribution is -0.206. The highest BCUT2D eigenvalue weighted by molar-refractivity contribution is 8.14. The number of aliphatic hydroxyl groups is 1. The molecule has 0 unspecified atom stereocenters. The maximum Gasteiger partial charge on any atom is 0.413 e. The molecule has 0 radical (unpaired) electrons. The Balaban J connectivity index is 2.30. The van der Waals surface area contributed by atoms with Crippen LogP contribution in [0.4, 0.5) is 4.79 Å². The van der Waals surface area contributed by atoms with Crippen molar-refractivity contribution in [3.63, 3.8) is 0 Å². The summed E-state index contributed by atoms with van der Waals surface area (Å²) < 4.78 is 17.6. The third kappa shape index (κ3) is 4.42. The van der Waals surface area contributed by atoms with Gasteiger partial charge in [0.15, 0.2) is 5.17 Å². The highest BCUT2D eigenvalue weighted by Gasteiger charge is 2.52. The SMILES string of the molecule is C=CCO[C@H]1[C@H](OCC=C)[C@H]2N=C(N(C)C(=O)O)S[C@H]2O[C@@H]1[C@H](C)O. The van der Waals surface area contributed by atoms with Crippen LogP contribution in [0.1, 0.15) is 6.92 Å². The van der Waals surface area contributed by atoms with Crippen LogP contribution in [0.15, 0.2) is 30.3 Å². The van der Waals surface area contributed by atoms with E-state index in [0.717, 1.165) is 4.90 Å². The van der Waals surface area contributed by atoms with Crippen LogP contribution in [0.3, 0.4) is 0 Å². The summed E-state index contributed by atoms with van der Waals surface area (Å²) in [7, 11) is 1.42. The summed E-state index contributed by atoms with van der Waals surface area (Å²) in [6, 6.07) is -0.452. The molecule has 1 saturated heterocycles. The fourth-order valence-corrected chi connectivity index (χ4v) is 3.89. The number of aliphatic imine (C=N–C) groups is 1. The summed E-state index contributed by atoms with van der Waals surface area (Å²) in [6.07, 6.45) is -0.406. The summed E-state index contributed by atoms with van der Waals surface area (Å²) in [5.74, 6) is 0. The highest BCUT2D eigenvalue weighted by atomic mass is 32.2. The van der Waals surface area contributed by atoms with Crippen LogP contribution in [0.2, 0.25) is 0 Å². The second-order valence-electron chi connectivity index (χ2n) is 5.74. The standard InChI is InChI=1S/C16H24N2O6S/c1-5-7-22-12-10-14(25-15(17-10)18(4)16(20)21)24-11(9(3)19)13(12)23-8-6-2/h5-6,9-14,19H,1-2,7-8H2,3-4H3,(H,20,21)/t9-,10+,11+,12+,13+,14+/m0/s1. The first-order chi connectivity index (χ1) is 11.9. The van der Waals surface area contributed by atoms with Gasteiger partial charge in [-0.3, -0.25) is 9.89 Å². The van der Waals surface area contributed by atoms with Gasteiger partial charge in [0.25, 0.3) is 0 Å². The Kier molecular flexibility index (Phi) is 7.03. The minimum Gasteiger partial charge on any atom is -0.465 e. The summed E-state index contributed by atoms with van der Waals surface area (Å²) >= 11 is 1.20. The minimum atomic E-state index is -1.11. The Labute approximate surface area is 151 Å². The van der Waals surface area contributed by atoms with E-state index in [4.69, 9.17) is 19.3 Å². The maximum atomic E-state index is 11.2. The van der Waals surface area contributed by atoms with Crippen molar-refractivity contribution in [1.29, 1.82) is 0 Å². The molecule has 2 rings (SSSR count). The van der Waals surface area contributed by atoms with Gasteiger partial charge >= 0.3 is 6.09 Å². The average molecular weight is 372 g/mol. The summed E-state index contributed by atoms with van der Waals surface area (Å²) in [5, 5.41) is 19.6. The van der Waals surface area contributed by atoms with E-state index in [1.807, 2.05) is 0 Å². The number of amides is 1. The summed E-state index contributed by atoms with van der Waals surface area (Å²) in [4.78, 5) is 16.7. The number of nitrogens with zero attached hydrogens (tertiary/aromatic N) is 2. The van der Waals surface area contributed by atoms with Crippen LogP contribution in [0.5, 0.6) is 0 Å². The van der Waals surface area contributed by atoms with E-state index in [1.165, 1.54) is 18.8 Å². The van der Waals surface area contributed by atoms with Gasteiger partial charge in [0.05, 0.1) is 19.3 Å². The quantitative estimate of drug-likeness (QED) is 0.650. The number of hydrogen-bond donors (Lipinski definition) is 2. The van der Waals surface area contributed by atoms with Crippen molar-refractivity contribution < 1.29 is 29.2 Å². The number of thioether (sulfide) groups is 1. The van der Waals surface area contributed by atoms with Crippen molar-refractivity contribution in [1.82, 2.24) is 4.90 Å². The Bertz CT molecular complexity index is 541. The van der Waals surface area contributed by atoms with Gasteiger partial charge in [0.2, 0.25) is 0 Å². The molecule has 1 amide bonds. The van der Waals surface area contributed by atoms with Crippen LogP contribution in [0, 0.1) is 0 Å². The zero-order valence-corrected chi connectivity index (χ0v) is 15.1. The molecule has 0 aromatic carbocycles. The van der Waals surface area contributed by atoms with Crippen LogP contribution >= 0.6 is 11.8 Å². The molecule has 0 saturated carbocycles. The molecule has 2 aliphatic heterocycles. The number of fused-ring (bicyclic) bond motifs is 1. The van der Waals surface area contributed by atoms with Gasteiger partial charge < -0.3 is 24.4 Å². The molecular weight excluding hydrogens is 348 g/mol. The molecule has 0 spiro atoms. The normalized spacial score (nSPS) is 32.4. The van der Waals surface area contributed by atoms with Crippen molar-refractivity contribution in [3.8, 4) is 0 Å². The van der Waals surface area contributed by atoms with E-state index in [-0.39, 0.29) is 13.2 Å². The fraction of sp³-hybridized carbons (Fsp3) is 0.625. The van der Waals surface area contributed by atoms with Crippen molar-refractivity contribution in [2.24, 2.45) is 4.99 Å². The molecule has 140 valence electrons. The van der Waals surface area contributed by atoms with Gasteiger partial charge in [-0.2, -0.15) is 0 Å². The van der Waals surface area contributed by atoms with Gasteiger partial charge in [0, 0.05) is 7.05 Å². The molecule has 0 aromatic heterocycles. The maximum absolute atomic E-state index is 11.2. The van der Waals surface area contributed by atoms with Crippen molar-refractivity contribution in [2.75, 3.05) is 20.3 Å². The number of aliphatic hydroxyl groups excluding tert-OH is 1. The Hall–Kier alpha value is -1.39. The monoisotopic (exact) mass is 372 g/mol. The molecule has 0 aromatic rings. The molecule has 8 nitrogen and oxygen atoms in total.